The lowest BCUT2D eigenvalue weighted by Gasteiger charge is -2.39. The van der Waals surface area contributed by atoms with Crippen LogP contribution in [0.1, 0.15) is 39.7 Å². The van der Waals surface area contributed by atoms with E-state index in [1.807, 2.05) is 113 Å². The Balaban J connectivity index is 1.45. The van der Waals surface area contributed by atoms with Gasteiger partial charge in [0.1, 0.15) is 0 Å². The van der Waals surface area contributed by atoms with Gasteiger partial charge in [-0.2, -0.15) is 24.7 Å². The maximum absolute atomic E-state index is 11.0. The van der Waals surface area contributed by atoms with Crippen LogP contribution in [0.2, 0.25) is 0 Å². The van der Waals surface area contributed by atoms with Gasteiger partial charge in [-0.15, -0.1) is 15.3 Å². The third-order valence-electron chi connectivity index (χ3n) is 8.74. The SMILES string of the molecule is Cc1ccc(-n2nc(C)c3c2O[C@]2(Cc4ccccc4N=N3)Oc3c(c(C)nn3-c3ccc(C)cc3)N=Nc3ccccc3C2OO)cc1. The van der Waals surface area contributed by atoms with Crippen molar-refractivity contribution in [2.45, 2.75) is 46.0 Å². The van der Waals surface area contributed by atoms with Crippen molar-refractivity contribution < 1.29 is 19.6 Å². The average molecular weight is 653 g/mol. The number of aryl methyl sites for hydroxylation is 4. The number of azo groups is 2. The lowest BCUT2D eigenvalue weighted by atomic mass is 9.92. The molecule has 12 nitrogen and oxygen atoms in total. The van der Waals surface area contributed by atoms with Crippen molar-refractivity contribution in [3.05, 3.63) is 131 Å². The van der Waals surface area contributed by atoms with Gasteiger partial charge < -0.3 is 9.47 Å². The maximum Gasteiger partial charge on any atom is 0.292 e. The van der Waals surface area contributed by atoms with Crippen LogP contribution in [0.5, 0.6) is 11.8 Å². The predicted molar refractivity (Wildman–Crippen MR) is 181 cm³/mol. The van der Waals surface area contributed by atoms with Crippen LogP contribution in [0.15, 0.2) is 118 Å². The summed E-state index contributed by atoms with van der Waals surface area (Å²) in [6.07, 6.45) is -1.24. The molecular formula is C37H32N8O4. The molecule has 0 saturated heterocycles. The van der Waals surface area contributed by atoms with Crippen molar-refractivity contribution in [3.8, 4) is 23.1 Å². The van der Waals surface area contributed by atoms with E-state index in [0.717, 1.165) is 28.1 Å². The van der Waals surface area contributed by atoms with Crippen molar-refractivity contribution in [1.29, 1.82) is 0 Å². The van der Waals surface area contributed by atoms with Gasteiger partial charge in [0, 0.05) is 5.56 Å². The van der Waals surface area contributed by atoms with Gasteiger partial charge in [0.25, 0.3) is 5.79 Å². The Hall–Kier alpha value is -5.98. The Bertz CT molecular complexity index is 2160. The van der Waals surface area contributed by atoms with Crippen molar-refractivity contribution in [2.24, 2.45) is 20.5 Å². The molecular weight excluding hydrogens is 620 g/mol. The van der Waals surface area contributed by atoms with Crippen molar-refractivity contribution in [3.63, 3.8) is 0 Å². The fraction of sp³-hybridized carbons (Fsp3) is 0.189. The summed E-state index contributed by atoms with van der Waals surface area (Å²) in [4.78, 5) is 5.45. The fourth-order valence-corrected chi connectivity index (χ4v) is 6.16. The minimum Gasteiger partial charge on any atom is -0.429 e. The molecule has 2 aromatic heterocycles. The molecule has 12 heteroatoms. The van der Waals surface area contributed by atoms with Crippen molar-refractivity contribution in [2.75, 3.05) is 0 Å². The van der Waals surface area contributed by atoms with Crippen LogP contribution in [-0.2, 0) is 11.3 Å². The maximum atomic E-state index is 11.0. The molecule has 1 unspecified atom stereocenters. The fourth-order valence-electron chi connectivity index (χ4n) is 6.16. The van der Waals surface area contributed by atoms with Crippen LogP contribution < -0.4 is 9.47 Å². The van der Waals surface area contributed by atoms with E-state index in [0.29, 0.717) is 39.7 Å². The van der Waals surface area contributed by atoms with E-state index >= 15 is 0 Å². The minimum atomic E-state index is -1.85. The summed E-state index contributed by atoms with van der Waals surface area (Å²) in [7, 11) is 0. The normalized spacial score (nSPS) is 17.9. The van der Waals surface area contributed by atoms with Crippen LogP contribution in [0, 0.1) is 27.7 Å². The highest BCUT2D eigenvalue weighted by molar-refractivity contribution is 5.60. The smallest absolute Gasteiger partial charge is 0.292 e. The summed E-state index contributed by atoms with van der Waals surface area (Å²) in [5.74, 6) is -1.37. The quantitative estimate of drug-likeness (QED) is 0.150. The molecule has 8 rings (SSSR count). The molecule has 4 aromatic carbocycles. The third-order valence-corrected chi connectivity index (χ3v) is 8.74. The Morgan fingerprint density at radius 2 is 1.12 bits per heavy atom. The number of hydrogen-bond donors (Lipinski definition) is 1. The molecule has 2 aliphatic heterocycles. The first-order valence-electron chi connectivity index (χ1n) is 15.9. The molecule has 1 N–H and O–H groups in total. The molecule has 0 fully saturated rings. The molecule has 0 aliphatic carbocycles. The molecule has 2 aliphatic rings. The van der Waals surface area contributed by atoms with E-state index in [1.165, 1.54) is 0 Å². The minimum absolute atomic E-state index is 0.0386. The van der Waals surface area contributed by atoms with Crippen LogP contribution in [0.4, 0.5) is 22.7 Å². The topological polar surface area (TPSA) is 133 Å². The van der Waals surface area contributed by atoms with Crippen LogP contribution in [0.3, 0.4) is 0 Å². The molecule has 2 atom stereocenters. The third kappa shape index (κ3) is 5.27. The predicted octanol–water partition coefficient (Wildman–Crippen LogP) is 9.38. The largest absolute Gasteiger partial charge is 0.429 e. The summed E-state index contributed by atoms with van der Waals surface area (Å²) in [6.45, 7) is 7.71. The van der Waals surface area contributed by atoms with Gasteiger partial charge in [-0.05, 0) is 69.7 Å². The van der Waals surface area contributed by atoms with E-state index in [9.17, 15) is 5.26 Å². The van der Waals surface area contributed by atoms with Gasteiger partial charge in [-0.1, -0.05) is 71.8 Å². The number of benzene rings is 4. The highest BCUT2D eigenvalue weighted by atomic mass is 17.1. The Morgan fingerprint density at radius 1 is 0.633 bits per heavy atom. The monoisotopic (exact) mass is 652 g/mol. The number of aromatic nitrogens is 4. The van der Waals surface area contributed by atoms with E-state index in [1.54, 1.807) is 21.5 Å². The first-order chi connectivity index (χ1) is 23.8. The van der Waals surface area contributed by atoms with Gasteiger partial charge >= 0.3 is 0 Å². The summed E-state index contributed by atoms with van der Waals surface area (Å²) in [5, 5.41) is 39.3. The number of rotatable bonds is 3. The molecule has 0 bridgehead atoms. The highest BCUT2D eigenvalue weighted by Crippen LogP contribution is 2.50. The molecule has 49 heavy (non-hydrogen) atoms. The first-order valence-corrected chi connectivity index (χ1v) is 15.9. The van der Waals surface area contributed by atoms with Crippen LogP contribution >= 0.6 is 0 Å². The zero-order chi connectivity index (χ0) is 33.7. The molecule has 244 valence electrons. The molecule has 0 radical (unpaired) electrons. The molecule has 0 saturated carbocycles. The summed E-state index contributed by atoms with van der Waals surface area (Å²) < 4.78 is 17.7. The standard InChI is InChI=1S/C37H32N8O4/c1-22-13-17-27(18-14-22)44-35-32(24(3)42-44)40-38-30-11-7-5-9-26(30)21-37(47-35)34(49-46)29-10-6-8-12-31(29)39-41-33-25(4)43-45(36(33)48-37)28-19-15-23(2)16-20-28/h5-20,34,46H,21H2,1-4H3/t34?,37-/m1/s1. The van der Waals surface area contributed by atoms with Crippen LogP contribution in [0.25, 0.3) is 11.4 Å². The van der Waals surface area contributed by atoms with Crippen molar-refractivity contribution in [1.82, 2.24) is 19.6 Å². The van der Waals surface area contributed by atoms with E-state index in [2.05, 4.69) is 20.5 Å². The van der Waals surface area contributed by atoms with Gasteiger partial charge in [-0.3, -0.25) is 5.26 Å². The van der Waals surface area contributed by atoms with Gasteiger partial charge in [0.15, 0.2) is 17.5 Å². The molecule has 0 amide bonds. The Kier molecular flexibility index (Phi) is 7.38. The lowest BCUT2D eigenvalue weighted by Crippen LogP contribution is -2.51. The number of nitrogens with zero attached hydrogens (tertiary/aromatic N) is 8. The second kappa shape index (κ2) is 11.9. The Morgan fingerprint density at radius 3 is 1.67 bits per heavy atom. The van der Waals surface area contributed by atoms with E-state index in [4.69, 9.17) is 24.6 Å². The lowest BCUT2D eigenvalue weighted by molar-refractivity contribution is -0.346. The zero-order valence-electron chi connectivity index (χ0n) is 27.3. The second-order valence-electron chi connectivity index (χ2n) is 12.2. The summed E-state index contributed by atoms with van der Waals surface area (Å²) >= 11 is 0. The van der Waals surface area contributed by atoms with E-state index in [-0.39, 0.29) is 18.2 Å². The Labute approximate surface area is 281 Å². The molecule has 6 aromatic rings. The number of hydrogen-bond acceptors (Lipinski definition) is 10. The highest BCUT2D eigenvalue weighted by Gasteiger charge is 2.52. The van der Waals surface area contributed by atoms with Gasteiger partial charge in [0.2, 0.25) is 11.8 Å². The van der Waals surface area contributed by atoms with Crippen LogP contribution in [-0.4, -0.2) is 30.6 Å². The molecule has 1 spiro atoms. The average Bonchev–Trinajstić information content (AvgIpc) is 3.61. The van der Waals surface area contributed by atoms with Crippen molar-refractivity contribution >= 4 is 22.7 Å². The number of fused-ring (bicyclic) bond motifs is 4. The summed E-state index contributed by atoms with van der Waals surface area (Å²) in [5.41, 5.74) is 7.82. The molecule has 4 heterocycles. The first kappa shape index (κ1) is 30.4. The van der Waals surface area contributed by atoms with Gasteiger partial charge in [-0.25, -0.2) is 4.89 Å². The number of ether oxygens (including phenoxy) is 2. The van der Waals surface area contributed by atoms with E-state index < -0.39 is 11.9 Å². The second-order valence-corrected chi connectivity index (χ2v) is 12.2. The summed E-state index contributed by atoms with van der Waals surface area (Å²) in [6, 6.07) is 30.6. The zero-order valence-corrected chi connectivity index (χ0v) is 27.3. The van der Waals surface area contributed by atoms with Gasteiger partial charge in [0.05, 0.1) is 40.6 Å².